The highest BCUT2D eigenvalue weighted by Gasteiger charge is 2.13. The zero-order valence-electron chi connectivity index (χ0n) is 8.03. The van der Waals surface area contributed by atoms with E-state index < -0.39 is 6.10 Å². The molecule has 0 bridgehead atoms. The van der Waals surface area contributed by atoms with Crippen LogP contribution in [0, 0.1) is 12.7 Å². The maximum absolute atomic E-state index is 13.0. The van der Waals surface area contributed by atoms with Crippen LogP contribution in [0.2, 0.25) is 0 Å². The molecule has 2 aromatic rings. The molecule has 0 spiro atoms. The van der Waals surface area contributed by atoms with Gasteiger partial charge in [-0.05, 0) is 26.0 Å². The summed E-state index contributed by atoms with van der Waals surface area (Å²) in [4.78, 5) is 4.21. The predicted molar refractivity (Wildman–Crippen MR) is 50.5 cm³/mol. The van der Waals surface area contributed by atoms with Crippen molar-refractivity contribution >= 4 is 5.65 Å². The Morgan fingerprint density at radius 3 is 2.86 bits per heavy atom. The van der Waals surface area contributed by atoms with Crippen molar-refractivity contribution in [3.8, 4) is 0 Å². The van der Waals surface area contributed by atoms with Gasteiger partial charge in [-0.25, -0.2) is 9.37 Å². The highest BCUT2D eigenvalue weighted by Crippen LogP contribution is 2.19. The average Bonchev–Trinajstić information content (AvgIpc) is 2.40. The number of pyridine rings is 1. The quantitative estimate of drug-likeness (QED) is 0.752. The van der Waals surface area contributed by atoms with Gasteiger partial charge in [0.05, 0.1) is 17.5 Å². The van der Waals surface area contributed by atoms with Gasteiger partial charge >= 0.3 is 0 Å². The molecule has 3 nitrogen and oxygen atoms in total. The number of fused-ring (bicyclic) bond motifs is 1. The van der Waals surface area contributed by atoms with Gasteiger partial charge in [-0.15, -0.1) is 0 Å². The third-order valence-corrected chi connectivity index (χ3v) is 2.20. The third-order valence-electron chi connectivity index (χ3n) is 2.20. The van der Waals surface area contributed by atoms with Crippen LogP contribution in [0.5, 0.6) is 0 Å². The lowest BCUT2D eigenvalue weighted by Gasteiger charge is -2.05. The third kappa shape index (κ3) is 1.28. The monoisotopic (exact) mass is 194 g/mol. The van der Waals surface area contributed by atoms with Gasteiger partial charge in [-0.1, -0.05) is 0 Å². The zero-order chi connectivity index (χ0) is 10.3. The molecule has 0 aromatic carbocycles. The molecule has 0 fully saturated rings. The van der Waals surface area contributed by atoms with Crippen molar-refractivity contribution in [2.24, 2.45) is 0 Å². The molecule has 0 radical (unpaired) electrons. The Kier molecular flexibility index (Phi) is 2.00. The van der Waals surface area contributed by atoms with E-state index >= 15 is 0 Å². The molecule has 1 atom stereocenters. The van der Waals surface area contributed by atoms with Crippen molar-refractivity contribution in [3.63, 3.8) is 0 Å². The summed E-state index contributed by atoms with van der Waals surface area (Å²) in [5, 5.41) is 9.50. The van der Waals surface area contributed by atoms with Crippen LogP contribution in [0.4, 0.5) is 4.39 Å². The van der Waals surface area contributed by atoms with Crippen LogP contribution < -0.4 is 0 Å². The van der Waals surface area contributed by atoms with Crippen LogP contribution in [-0.4, -0.2) is 14.5 Å². The summed E-state index contributed by atoms with van der Waals surface area (Å²) in [6, 6.07) is 2.95. The summed E-state index contributed by atoms with van der Waals surface area (Å²) in [7, 11) is 0. The molecule has 74 valence electrons. The summed E-state index contributed by atoms with van der Waals surface area (Å²) in [5.41, 5.74) is 2.02. The van der Waals surface area contributed by atoms with Crippen LogP contribution in [0.3, 0.4) is 0 Å². The first-order chi connectivity index (χ1) is 6.59. The standard InChI is InChI=1S/C10H11FN2O/c1-6-10(7(2)14)13-5-8(11)3-4-9(13)12-6/h3-5,7,14H,1-2H3. The smallest absolute Gasteiger partial charge is 0.139 e. The van der Waals surface area contributed by atoms with E-state index in [1.165, 1.54) is 12.3 Å². The van der Waals surface area contributed by atoms with Crippen molar-refractivity contribution in [3.05, 3.63) is 35.5 Å². The lowest BCUT2D eigenvalue weighted by atomic mass is 10.2. The number of rotatable bonds is 1. The Bertz CT molecular complexity index is 476. The van der Waals surface area contributed by atoms with Gasteiger partial charge in [-0.2, -0.15) is 0 Å². The topological polar surface area (TPSA) is 37.5 Å². The fraction of sp³-hybridized carbons (Fsp3) is 0.300. The molecular weight excluding hydrogens is 183 g/mol. The van der Waals surface area contributed by atoms with Gasteiger partial charge in [0.1, 0.15) is 11.5 Å². The number of aliphatic hydroxyl groups is 1. The Morgan fingerprint density at radius 2 is 2.21 bits per heavy atom. The number of hydrogen-bond donors (Lipinski definition) is 1. The summed E-state index contributed by atoms with van der Waals surface area (Å²) < 4.78 is 14.5. The van der Waals surface area contributed by atoms with Gasteiger partial charge in [0.2, 0.25) is 0 Å². The fourth-order valence-corrected chi connectivity index (χ4v) is 1.66. The van der Waals surface area contributed by atoms with Crippen molar-refractivity contribution < 1.29 is 9.50 Å². The molecule has 2 heterocycles. The Balaban J connectivity index is 2.79. The Labute approximate surface area is 80.8 Å². The maximum atomic E-state index is 13.0. The molecule has 0 saturated heterocycles. The molecule has 0 aliphatic rings. The van der Waals surface area contributed by atoms with Gasteiger partial charge in [0, 0.05) is 6.20 Å². The normalized spacial score (nSPS) is 13.4. The fourth-order valence-electron chi connectivity index (χ4n) is 1.66. The highest BCUT2D eigenvalue weighted by atomic mass is 19.1. The molecule has 2 aromatic heterocycles. The summed E-state index contributed by atoms with van der Waals surface area (Å²) in [6.45, 7) is 3.44. The molecule has 0 saturated carbocycles. The van der Waals surface area contributed by atoms with Crippen LogP contribution in [0.1, 0.15) is 24.4 Å². The maximum Gasteiger partial charge on any atom is 0.139 e. The van der Waals surface area contributed by atoms with Crippen molar-refractivity contribution in [1.82, 2.24) is 9.38 Å². The molecular formula is C10H11FN2O. The zero-order valence-corrected chi connectivity index (χ0v) is 8.03. The van der Waals surface area contributed by atoms with E-state index in [-0.39, 0.29) is 5.82 Å². The first-order valence-electron chi connectivity index (χ1n) is 4.42. The SMILES string of the molecule is Cc1nc2ccc(F)cn2c1C(C)O. The van der Waals surface area contributed by atoms with Crippen molar-refractivity contribution in [2.75, 3.05) is 0 Å². The Hall–Kier alpha value is -1.42. The number of nitrogens with zero attached hydrogens (tertiary/aromatic N) is 2. The second-order valence-electron chi connectivity index (χ2n) is 3.33. The number of halogens is 1. The number of aryl methyl sites for hydroxylation is 1. The summed E-state index contributed by atoms with van der Waals surface area (Å²) in [5.74, 6) is -0.336. The van der Waals surface area contributed by atoms with E-state index in [1.807, 2.05) is 0 Å². The van der Waals surface area contributed by atoms with Crippen LogP contribution >= 0.6 is 0 Å². The van der Waals surface area contributed by atoms with Crippen molar-refractivity contribution in [2.45, 2.75) is 20.0 Å². The molecule has 0 aliphatic carbocycles. The first kappa shape index (κ1) is 9.15. The van der Waals surface area contributed by atoms with E-state index in [2.05, 4.69) is 4.98 Å². The van der Waals surface area contributed by atoms with E-state index in [0.717, 1.165) is 5.69 Å². The van der Waals surface area contributed by atoms with Gasteiger partial charge < -0.3 is 5.11 Å². The van der Waals surface area contributed by atoms with Gasteiger partial charge in [-0.3, -0.25) is 4.40 Å². The van der Waals surface area contributed by atoms with Crippen LogP contribution in [-0.2, 0) is 0 Å². The van der Waals surface area contributed by atoms with Crippen molar-refractivity contribution in [1.29, 1.82) is 0 Å². The van der Waals surface area contributed by atoms with Gasteiger partial charge in [0.15, 0.2) is 0 Å². The number of aromatic nitrogens is 2. The number of aliphatic hydroxyl groups excluding tert-OH is 1. The minimum absolute atomic E-state index is 0.336. The summed E-state index contributed by atoms with van der Waals surface area (Å²) in [6.07, 6.45) is 0.684. The molecule has 0 aliphatic heterocycles. The van der Waals surface area contributed by atoms with E-state index in [0.29, 0.717) is 11.3 Å². The molecule has 0 amide bonds. The number of imidazole rings is 1. The minimum Gasteiger partial charge on any atom is -0.387 e. The largest absolute Gasteiger partial charge is 0.387 e. The molecule has 1 unspecified atom stereocenters. The average molecular weight is 194 g/mol. The molecule has 4 heteroatoms. The minimum atomic E-state index is -0.646. The molecule has 14 heavy (non-hydrogen) atoms. The Morgan fingerprint density at radius 1 is 1.50 bits per heavy atom. The highest BCUT2D eigenvalue weighted by molar-refractivity contribution is 5.43. The second-order valence-corrected chi connectivity index (χ2v) is 3.33. The lowest BCUT2D eigenvalue weighted by Crippen LogP contribution is -1.99. The van der Waals surface area contributed by atoms with Crippen LogP contribution in [0.25, 0.3) is 5.65 Å². The molecule has 2 rings (SSSR count). The van der Waals surface area contributed by atoms with E-state index in [4.69, 9.17) is 0 Å². The van der Waals surface area contributed by atoms with E-state index in [1.54, 1.807) is 24.3 Å². The van der Waals surface area contributed by atoms with E-state index in [9.17, 15) is 9.50 Å². The lowest BCUT2D eigenvalue weighted by molar-refractivity contribution is 0.192. The molecule has 1 N–H and O–H groups in total. The first-order valence-corrected chi connectivity index (χ1v) is 4.42. The summed E-state index contributed by atoms with van der Waals surface area (Å²) >= 11 is 0. The van der Waals surface area contributed by atoms with Crippen LogP contribution in [0.15, 0.2) is 18.3 Å². The number of hydrogen-bond acceptors (Lipinski definition) is 2. The second kappa shape index (κ2) is 3.06. The van der Waals surface area contributed by atoms with Gasteiger partial charge in [0.25, 0.3) is 0 Å². The predicted octanol–water partition coefficient (Wildman–Crippen LogP) is 1.84.